The van der Waals surface area contributed by atoms with E-state index in [2.05, 4.69) is 28.2 Å². The quantitative estimate of drug-likeness (QED) is 0.560. The molecule has 1 amide bonds. The molecule has 3 aromatic carbocycles. The maximum atomic E-state index is 12.9. The monoisotopic (exact) mass is 492 g/mol. The predicted molar refractivity (Wildman–Crippen MR) is 142 cm³/mol. The van der Waals surface area contributed by atoms with Crippen LogP contribution < -0.4 is 14.5 Å². The van der Waals surface area contributed by atoms with Crippen molar-refractivity contribution < 1.29 is 13.2 Å². The number of aryl methyl sites for hydroxylation is 2. The van der Waals surface area contributed by atoms with Crippen molar-refractivity contribution in [3.05, 3.63) is 83.4 Å². The Morgan fingerprint density at radius 3 is 2.11 bits per heavy atom. The Hall–Kier alpha value is -3.36. The minimum Gasteiger partial charge on any atom is -0.369 e. The average Bonchev–Trinajstić information content (AvgIpc) is 2.85. The highest BCUT2D eigenvalue weighted by molar-refractivity contribution is 7.92. The zero-order chi connectivity index (χ0) is 25.2. The fourth-order valence-corrected chi connectivity index (χ4v) is 5.27. The normalized spacial score (nSPS) is 14.6. The first-order valence-corrected chi connectivity index (χ1v) is 13.1. The standard InChI is InChI=1S/C27H32N4O3S/c1-20-5-12-25(13-6-20)35(33,34)30(4)23-9-7-22(8-10-23)27(32)28-26-14-11-24(19-21(26)2)31-17-15-29(3)16-18-31/h5-14,19H,15-18H2,1-4H3,(H,28,32). The van der Waals surface area contributed by atoms with Gasteiger partial charge in [0, 0.05) is 50.2 Å². The molecule has 0 aliphatic carbocycles. The van der Waals surface area contributed by atoms with Crippen molar-refractivity contribution in [2.24, 2.45) is 0 Å². The number of nitrogens with zero attached hydrogens (tertiary/aromatic N) is 3. The molecule has 0 radical (unpaired) electrons. The summed E-state index contributed by atoms with van der Waals surface area (Å²) >= 11 is 0. The smallest absolute Gasteiger partial charge is 0.264 e. The lowest BCUT2D eigenvalue weighted by Gasteiger charge is -2.34. The zero-order valence-corrected chi connectivity index (χ0v) is 21.5. The Morgan fingerprint density at radius 2 is 1.51 bits per heavy atom. The minimum atomic E-state index is -3.69. The lowest BCUT2D eigenvalue weighted by molar-refractivity contribution is 0.102. The van der Waals surface area contributed by atoms with Crippen LogP contribution in [0.2, 0.25) is 0 Å². The third kappa shape index (κ3) is 5.49. The molecule has 1 saturated heterocycles. The fraction of sp³-hybridized carbons (Fsp3) is 0.296. The Balaban J connectivity index is 1.44. The van der Waals surface area contributed by atoms with E-state index in [9.17, 15) is 13.2 Å². The van der Waals surface area contributed by atoms with Gasteiger partial charge in [0.15, 0.2) is 0 Å². The lowest BCUT2D eigenvalue weighted by atomic mass is 10.1. The molecule has 7 nitrogen and oxygen atoms in total. The van der Waals surface area contributed by atoms with E-state index >= 15 is 0 Å². The molecule has 1 N–H and O–H groups in total. The second-order valence-electron chi connectivity index (χ2n) is 9.08. The number of sulfonamides is 1. The van der Waals surface area contributed by atoms with Gasteiger partial charge < -0.3 is 15.1 Å². The second-order valence-corrected chi connectivity index (χ2v) is 11.0. The summed E-state index contributed by atoms with van der Waals surface area (Å²) in [5.74, 6) is -0.240. The summed E-state index contributed by atoms with van der Waals surface area (Å²) in [4.78, 5) is 17.8. The van der Waals surface area contributed by atoms with Crippen LogP contribution in [0.1, 0.15) is 21.5 Å². The Morgan fingerprint density at radius 1 is 0.886 bits per heavy atom. The van der Waals surface area contributed by atoms with E-state index in [1.54, 1.807) is 48.5 Å². The van der Waals surface area contributed by atoms with Gasteiger partial charge in [0.25, 0.3) is 15.9 Å². The number of likely N-dealkylation sites (N-methyl/N-ethyl adjacent to an activating group) is 1. The van der Waals surface area contributed by atoms with Crippen molar-refractivity contribution in [2.45, 2.75) is 18.7 Å². The first kappa shape index (κ1) is 24.8. The molecule has 0 bridgehead atoms. The number of amides is 1. The van der Waals surface area contributed by atoms with E-state index in [1.807, 2.05) is 26.0 Å². The maximum Gasteiger partial charge on any atom is 0.264 e. The number of hydrogen-bond acceptors (Lipinski definition) is 5. The van der Waals surface area contributed by atoms with Gasteiger partial charge in [-0.3, -0.25) is 9.10 Å². The van der Waals surface area contributed by atoms with E-state index in [1.165, 1.54) is 11.4 Å². The van der Waals surface area contributed by atoms with Gasteiger partial charge in [0.1, 0.15) is 0 Å². The van der Waals surface area contributed by atoms with Crippen LogP contribution in [0.4, 0.5) is 17.1 Å². The number of piperazine rings is 1. The van der Waals surface area contributed by atoms with Crippen molar-refractivity contribution in [1.29, 1.82) is 0 Å². The Bertz CT molecular complexity index is 1300. The molecule has 184 valence electrons. The third-order valence-electron chi connectivity index (χ3n) is 6.50. The molecule has 0 unspecified atom stereocenters. The molecule has 35 heavy (non-hydrogen) atoms. The summed E-state index contributed by atoms with van der Waals surface area (Å²) in [6.45, 7) is 7.95. The molecular weight excluding hydrogens is 460 g/mol. The van der Waals surface area contributed by atoms with Crippen LogP contribution in [-0.4, -0.2) is 59.5 Å². The van der Waals surface area contributed by atoms with Gasteiger partial charge in [-0.1, -0.05) is 17.7 Å². The van der Waals surface area contributed by atoms with Gasteiger partial charge in [-0.05, 0) is 81.1 Å². The number of benzene rings is 3. The topological polar surface area (TPSA) is 73.0 Å². The molecule has 0 saturated carbocycles. The van der Waals surface area contributed by atoms with E-state index in [4.69, 9.17) is 0 Å². The first-order valence-electron chi connectivity index (χ1n) is 11.7. The highest BCUT2D eigenvalue weighted by atomic mass is 32.2. The van der Waals surface area contributed by atoms with Crippen LogP contribution in [0.15, 0.2) is 71.6 Å². The van der Waals surface area contributed by atoms with Gasteiger partial charge in [0.05, 0.1) is 10.6 Å². The van der Waals surface area contributed by atoms with E-state index in [0.29, 0.717) is 11.3 Å². The number of hydrogen-bond donors (Lipinski definition) is 1. The maximum absolute atomic E-state index is 12.9. The number of nitrogens with one attached hydrogen (secondary N) is 1. The largest absolute Gasteiger partial charge is 0.369 e. The molecule has 0 aromatic heterocycles. The van der Waals surface area contributed by atoms with Crippen LogP contribution >= 0.6 is 0 Å². The number of carbonyl (C=O) groups excluding carboxylic acids is 1. The van der Waals surface area contributed by atoms with Crippen molar-refractivity contribution in [3.8, 4) is 0 Å². The van der Waals surface area contributed by atoms with Gasteiger partial charge in [-0.2, -0.15) is 0 Å². The molecular formula is C27H32N4O3S. The van der Waals surface area contributed by atoms with Gasteiger partial charge >= 0.3 is 0 Å². The molecule has 1 aliphatic heterocycles. The van der Waals surface area contributed by atoms with Crippen LogP contribution in [0.25, 0.3) is 0 Å². The second kappa shape index (κ2) is 10.1. The van der Waals surface area contributed by atoms with E-state index < -0.39 is 10.0 Å². The van der Waals surface area contributed by atoms with E-state index in [0.717, 1.165) is 48.7 Å². The SMILES string of the molecule is Cc1ccc(S(=O)(=O)N(C)c2ccc(C(=O)Nc3ccc(N4CCN(C)CC4)cc3C)cc2)cc1. The van der Waals surface area contributed by atoms with Crippen LogP contribution in [0.5, 0.6) is 0 Å². The van der Waals surface area contributed by atoms with E-state index in [-0.39, 0.29) is 10.8 Å². The Kier molecular flexibility index (Phi) is 7.14. The van der Waals surface area contributed by atoms with Gasteiger partial charge in [0.2, 0.25) is 0 Å². The molecule has 0 atom stereocenters. The zero-order valence-electron chi connectivity index (χ0n) is 20.7. The highest BCUT2D eigenvalue weighted by Gasteiger charge is 2.21. The summed E-state index contributed by atoms with van der Waals surface area (Å²) in [5, 5.41) is 2.98. The number of rotatable bonds is 6. The highest BCUT2D eigenvalue weighted by Crippen LogP contribution is 2.26. The molecule has 8 heteroatoms. The Labute approximate surface area is 208 Å². The molecule has 3 aromatic rings. The summed E-state index contributed by atoms with van der Waals surface area (Å²) < 4.78 is 27.1. The predicted octanol–water partition coefficient (Wildman–Crippen LogP) is 4.13. The van der Waals surface area contributed by atoms with Crippen molar-refractivity contribution in [2.75, 3.05) is 54.8 Å². The average molecular weight is 493 g/mol. The molecule has 1 fully saturated rings. The van der Waals surface area contributed by atoms with Gasteiger partial charge in [-0.15, -0.1) is 0 Å². The third-order valence-corrected chi connectivity index (χ3v) is 8.30. The number of carbonyl (C=O) groups is 1. The van der Waals surface area contributed by atoms with Crippen LogP contribution in [-0.2, 0) is 10.0 Å². The first-order chi connectivity index (χ1) is 16.6. The fourth-order valence-electron chi connectivity index (χ4n) is 4.07. The minimum absolute atomic E-state index is 0.225. The van der Waals surface area contributed by atoms with Crippen molar-refractivity contribution in [3.63, 3.8) is 0 Å². The summed E-state index contributed by atoms with van der Waals surface area (Å²) in [7, 11) is -0.0433. The molecule has 4 rings (SSSR count). The van der Waals surface area contributed by atoms with Crippen molar-refractivity contribution in [1.82, 2.24) is 4.90 Å². The van der Waals surface area contributed by atoms with Crippen LogP contribution in [0.3, 0.4) is 0 Å². The summed E-state index contributed by atoms with van der Waals surface area (Å²) in [6.07, 6.45) is 0. The van der Waals surface area contributed by atoms with Crippen LogP contribution in [0, 0.1) is 13.8 Å². The summed E-state index contributed by atoms with van der Waals surface area (Å²) in [5.41, 5.74) is 4.85. The molecule has 1 aliphatic rings. The lowest BCUT2D eigenvalue weighted by Crippen LogP contribution is -2.44. The van der Waals surface area contributed by atoms with Crippen molar-refractivity contribution >= 4 is 33.0 Å². The molecule has 0 spiro atoms. The number of anilines is 3. The van der Waals surface area contributed by atoms with Gasteiger partial charge in [-0.25, -0.2) is 8.42 Å². The summed E-state index contributed by atoms with van der Waals surface area (Å²) in [6, 6.07) is 19.4. The molecule has 1 heterocycles.